The molecule has 138 valence electrons. The fraction of sp³-hybridized carbons (Fsp3) is 0.400. The Morgan fingerprint density at radius 1 is 1.50 bits per heavy atom. The minimum absolute atomic E-state index is 0.0582. The van der Waals surface area contributed by atoms with Gasteiger partial charge in [-0.15, -0.1) is 11.8 Å². The van der Waals surface area contributed by atoms with Crippen LogP contribution in [0.5, 0.6) is 11.5 Å². The third-order valence-corrected chi connectivity index (χ3v) is 5.40. The summed E-state index contributed by atoms with van der Waals surface area (Å²) in [5.41, 5.74) is 2.94. The molecule has 3 rings (SSSR count). The van der Waals surface area contributed by atoms with Crippen molar-refractivity contribution in [3.05, 3.63) is 23.3 Å². The van der Waals surface area contributed by atoms with Crippen LogP contribution in [-0.4, -0.2) is 64.6 Å². The summed E-state index contributed by atoms with van der Waals surface area (Å²) in [5, 5.41) is 20.4. The summed E-state index contributed by atoms with van der Waals surface area (Å²) in [4.78, 5) is 34.7. The molecule has 1 aromatic carbocycles. The summed E-state index contributed by atoms with van der Waals surface area (Å²) in [6.07, 6.45) is 0.615. The van der Waals surface area contributed by atoms with E-state index in [1.54, 1.807) is 6.07 Å². The predicted molar refractivity (Wildman–Crippen MR) is 93.0 cm³/mol. The molecule has 1 aromatic rings. The van der Waals surface area contributed by atoms with Gasteiger partial charge in [-0.1, -0.05) is 6.07 Å². The van der Waals surface area contributed by atoms with Crippen LogP contribution in [0.1, 0.15) is 22.3 Å². The summed E-state index contributed by atoms with van der Waals surface area (Å²) in [6, 6.07) is 3.22. The molecule has 11 heteroatoms. The van der Waals surface area contributed by atoms with Crippen molar-refractivity contribution in [2.45, 2.75) is 18.0 Å². The van der Waals surface area contributed by atoms with Gasteiger partial charge in [-0.25, -0.2) is 4.79 Å². The maximum absolute atomic E-state index is 12.1. The van der Waals surface area contributed by atoms with Crippen LogP contribution in [0.3, 0.4) is 0 Å². The monoisotopic (exact) mass is 380 g/mol. The zero-order valence-electron chi connectivity index (χ0n) is 13.9. The second-order valence-corrected chi connectivity index (χ2v) is 7.06. The quantitative estimate of drug-likeness (QED) is 0.596. The van der Waals surface area contributed by atoms with E-state index < -0.39 is 18.2 Å². The van der Waals surface area contributed by atoms with Gasteiger partial charge in [0.25, 0.3) is 5.91 Å². The number of aromatic carboxylic acids is 1. The lowest BCUT2D eigenvalue weighted by Gasteiger charge is -2.28. The standard InChI is InChI=1S/C15H17BN2O7S/c1-24-9-3-2-8-6-10(16(23)25-14(8)13(9)15(21)22)26-7-12(20)18-5-4-11(19)17-18/h2-3,10,23H,4-7H2,1H3,(H,17,19)(H,21,22). The van der Waals surface area contributed by atoms with E-state index in [1.807, 2.05) is 0 Å². The van der Waals surface area contributed by atoms with Crippen LogP contribution in [0.4, 0.5) is 0 Å². The third kappa shape index (κ3) is 3.58. The first kappa shape index (κ1) is 18.4. The van der Waals surface area contributed by atoms with Crippen LogP contribution in [0.2, 0.25) is 0 Å². The zero-order chi connectivity index (χ0) is 18.8. The molecule has 0 spiro atoms. The maximum Gasteiger partial charge on any atom is 0.536 e. The van der Waals surface area contributed by atoms with Crippen molar-refractivity contribution in [3.63, 3.8) is 0 Å². The number of benzene rings is 1. The molecule has 2 heterocycles. The normalized spacial score (nSPS) is 18.8. The van der Waals surface area contributed by atoms with Gasteiger partial charge in [0.1, 0.15) is 17.1 Å². The Balaban J connectivity index is 1.70. The van der Waals surface area contributed by atoms with Gasteiger partial charge in [-0.05, 0) is 18.1 Å². The van der Waals surface area contributed by atoms with Crippen molar-refractivity contribution >= 4 is 36.7 Å². The molecule has 0 bridgehead atoms. The molecule has 0 aliphatic carbocycles. The highest BCUT2D eigenvalue weighted by Crippen LogP contribution is 2.38. The van der Waals surface area contributed by atoms with Crippen LogP contribution in [0.15, 0.2) is 12.1 Å². The fourth-order valence-electron chi connectivity index (χ4n) is 2.85. The largest absolute Gasteiger partial charge is 0.536 e. The number of carboxylic acid groups (broad SMARTS) is 1. The smallest absolute Gasteiger partial charge is 0.534 e. The van der Waals surface area contributed by atoms with Gasteiger partial charge in [0.15, 0.2) is 0 Å². The second-order valence-electron chi connectivity index (χ2n) is 5.83. The van der Waals surface area contributed by atoms with E-state index in [-0.39, 0.29) is 41.1 Å². The Labute approximate surface area is 153 Å². The molecular formula is C15H17BN2O7S. The molecule has 0 radical (unpaired) electrons. The number of hydrazine groups is 1. The minimum atomic E-state index is -1.27. The number of carboxylic acids is 1. The molecule has 1 fully saturated rings. The Bertz CT molecular complexity index is 760. The van der Waals surface area contributed by atoms with Crippen molar-refractivity contribution in [1.82, 2.24) is 10.4 Å². The number of carbonyl (C=O) groups excluding carboxylic acids is 2. The zero-order valence-corrected chi connectivity index (χ0v) is 14.7. The summed E-state index contributed by atoms with van der Waals surface area (Å²) < 4.78 is 10.5. The van der Waals surface area contributed by atoms with Crippen molar-refractivity contribution in [1.29, 1.82) is 0 Å². The van der Waals surface area contributed by atoms with Gasteiger partial charge < -0.3 is 19.5 Å². The number of hydrogen-bond acceptors (Lipinski definition) is 7. The molecule has 1 unspecified atom stereocenters. The number of nitrogens with one attached hydrogen (secondary N) is 1. The number of hydrogen-bond donors (Lipinski definition) is 3. The Hall–Kier alpha value is -2.40. The van der Waals surface area contributed by atoms with E-state index in [4.69, 9.17) is 9.39 Å². The molecule has 2 amide bonds. The van der Waals surface area contributed by atoms with E-state index in [9.17, 15) is 24.5 Å². The average molecular weight is 380 g/mol. The maximum atomic E-state index is 12.1. The third-order valence-electron chi connectivity index (χ3n) is 4.16. The Kier molecular flexibility index (Phi) is 5.28. The van der Waals surface area contributed by atoms with Gasteiger partial charge in [0.05, 0.1) is 24.6 Å². The van der Waals surface area contributed by atoms with E-state index in [0.717, 1.165) is 0 Å². The first-order valence-corrected chi connectivity index (χ1v) is 8.95. The highest BCUT2D eigenvalue weighted by molar-refractivity contribution is 8.01. The van der Waals surface area contributed by atoms with E-state index in [1.165, 1.54) is 29.9 Å². The van der Waals surface area contributed by atoms with Gasteiger partial charge >= 0.3 is 13.1 Å². The van der Waals surface area contributed by atoms with Crippen LogP contribution < -0.4 is 14.8 Å². The lowest BCUT2D eigenvalue weighted by atomic mass is 9.77. The van der Waals surface area contributed by atoms with E-state index >= 15 is 0 Å². The first-order valence-electron chi connectivity index (χ1n) is 7.90. The second kappa shape index (κ2) is 7.46. The number of fused-ring (bicyclic) bond motifs is 1. The summed E-state index contributed by atoms with van der Waals surface area (Å²) >= 11 is 1.19. The molecule has 3 N–H and O–H groups in total. The number of thioether (sulfide) groups is 1. The summed E-state index contributed by atoms with van der Waals surface area (Å²) in [5.74, 6) is -1.39. The molecule has 0 saturated carbocycles. The molecule has 0 aromatic heterocycles. The van der Waals surface area contributed by atoms with Crippen molar-refractivity contribution in [2.24, 2.45) is 0 Å². The highest BCUT2D eigenvalue weighted by atomic mass is 32.2. The minimum Gasteiger partial charge on any atom is -0.534 e. The first-order chi connectivity index (χ1) is 12.4. The molecule has 1 atom stereocenters. The molecule has 2 aliphatic heterocycles. The van der Waals surface area contributed by atoms with Crippen LogP contribution in [-0.2, 0) is 16.0 Å². The van der Waals surface area contributed by atoms with Gasteiger partial charge in [-0.3, -0.25) is 20.0 Å². The van der Waals surface area contributed by atoms with Gasteiger partial charge in [0, 0.05) is 6.42 Å². The number of ether oxygens (including phenoxy) is 1. The predicted octanol–water partition coefficient (Wildman–Crippen LogP) is -0.287. The molecule has 2 aliphatic rings. The van der Waals surface area contributed by atoms with Crippen LogP contribution >= 0.6 is 11.8 Å². The number of methoxy groups -OCH3 is 1. The lowest BCUT2D eigenvalue weighted by Crippen LogP contribution is -2.43. The Morgan fingerprint density at radius 2 is 2.27 bits per heavy atom. The van der Waals surface area contributed by atoms with Crippen LogP contribution in [0.25, 0.3) is 0 Å². The number of rotatable bonds is 5. The number of nitrogens with zero attached hydrogens (tertiary/aromatic N) is 1. The van der Waals surface area contributed by atoms with Crippen LogP contribution in [0, 0.1) is 0 Å². The molecule has 26 heavy (non-hydrogen) atoms. The number of amides is 2. The lowest BCUT2D eigenvalue weighted by molar-refractivity contribution is -0.133. The molecular weight excluding hydrogens is 363 g/mol. The fourth-order valence-corrected chi connectivity index (χ4v) is 3.88. The number of carbonyl (C=O) groups is 3. The van der Waals surface area contributed by atoms with E-state index in [2.05, 4.69) is 5.43 Å². The molecule has 1 saturated heterocycles. The van der Waals surface area contributed by atoms with Crippen molar-refractivity contribution in [2.75, 3.05) is 19.4 Å². The SMILES string of the molecule is COc1ccc2c(c1C(=O)O)OB(O)C(SCC(=O)N1CCC(=O)N1)C2. The van der Waals surface area contributed by atoms with Gasteiger partial charge in [-0.2, -0.15) is 0 Å². The highest BCUT2D eigenvalue weighted by Gasteiger charge is 2.39. The molecule has 9 nitrogen and oxygen atoms in total. The van der Waals surface area contributed by atoms with Crippen molar-refractivity contribution < 1.29 is 33.9 Å². The van der Waals surface area contributed by atoms with Gasteiger partial charge in [0.2, 0.25) is 5.91 Å². The van der Waals surface area contributed by atoms with E-state index in [0.29, 0.717) is 18.5 Å². The summed E-state index contributed by atoms with van der Waals surface area (Å²) in [7, 11) is 0.0909. The topological polar surface area (TPSA) is 125 Å². The average Bonchev–Trinajstić information content (AvgIpc) is 3.05. The Morgan fingerprint density at radius 3 is 2.88 bits per heavy atom. The summed E-state index contributed by atoms with van der Waals surface area (Å²) in [6.45, 7) is 0.326. The van der Waals surface area contributed by atoms with Crippen molar-refractivity contribution in [3.8, 4) is 11.5 Å².